The Balaban J connectivity index is 1.75. The number of benzene rings is 2. The maximum absolute atomic E-state index is 13.5. The Bertz CT molecular complexity index is 918. The van der Waals surface area contributed by atoms with Gasteiger partial charge in [-0.3, -0.25) is 14.5 Å². The number of thioether (sulfide) groups is 1. The van der Waals surface area contributed by atoms with Crippen molar-refractivity contribution in [2.75, 3.05) is 18.5 Å². The van der Waals surface area contributed by atoms with Gasteiger partial charge in [0.25, 0.3) is 0 Å². The van der Waals surface area contributed by atoms with E-state index in [1.54, 1.807) is 36.4 Å². The molecule has 1 saturated heterocycles. The van der Waals surface area contributed by atoms with Crippen molar-refractivity contribution in [1.82, 2.24) is 4.90 Å². The first kappa shape index (κ1) is 20.9. The molecule has 0 aliphatic carbocycles. The molecule has 1 aliphatic heterocycles. The second-order valence-electron chi connectivity index (χ2n) is 6.27. The Hall–Kier alpha value is -2.87. The summed E-state index contributed by atoms with van der Waals surface area (Å²) < 4.78 is 18.9. The maximum atomic E-state index is 13.5. The zero-order chi connectivity index (χ0) is 20.8. The number of anilines is 1. The van der Waals surface area contributed by atoms with Crippen LogP contribution in [0.4, 0.5) is 15.8 Å². The van der Waals surface area contributed by atoms with Crippen LogP contribution in [0.3, 0.4) is 0 Å². The van der Waals surface area contributed by atoms with Gasteiger partial charge in [-0.25, -0.2) is 9.38 Å². The summed E-state index contributed by atoms with van der Waals surface area (Å²) in [6.07, 6.45) is 0.0730. The maximum Gasteiger partial charge on any atom is 0.238 e. The highest BCUT2D eigenvalue weighted by Gasteiger charge is 2.35. The monoisotopic (exact) mass is 415 g/mol. The molecule has 8 heteroatoms. The molecule has 29 heavy (non-hydrogen) atoms. The van der Waals surface area contributed by atoms with Crippen LogP contribution in [-0.2, 0) is 9.59 Å². The number of rotatable bonds is 6. The normalized spacial score (nSPS) is 18.0. The van der Waals surface area contributed by atoms with E-state index in [1.807, 2.05) is 13.8 Å². The van der Waals surface area contributed by atoms with E-state index in [2.05, 4.69) is 10.3 Å². The highest BCUT2D eigenvalue weighted by Crippen LogP contribution is 2.30. The standard InChI is InChI=1S/C21H22FN3O3S/c1-3-25-19(26)13-18(29-21(25)24-16-7-5-6-14(22)12-16)20(27)23-15-8-10-17(11-9-15)28-4-2/h5-12,18H,3-4,13H2,1-2H3,(H,23,27)/t18-/m0/s1. The van der Waals surface area contributed by atoms with E-state index in [1.165, 1.54) is 28.8 Å². The minimum absolute atomic E-state index is 0.0730. The highest BCUT2D eigenvalue weighted by atomic mass is 32.2. The Morgan fingerprint density at radius 1 is 1.28 bits per heavy atom. The lowest BCUT2D eigenvalue weighted by molar-refractivity contribution is -0.129. The third-order valence-corrected chi connectivity index (χ3v) is 5.40. The molecule has 0 spiro atoms. The molecule has 0 bridgehead atoms. The smallest absolute Gasteiger partial charge is 0.238 e. The Labute approximate surface area is 173 Å². The van der Waals surface area contributed by atoms with Crippen LogP contribution >= 0.6 is 11.8 Å². The molecule has 0 unspecified atom stereocenters. The van der Waals surface area contributed by atoms with Crippen LogP contribution < -0.4 is 10.1 Å². The second-order valence-corrected chi connectivity index (χ2v) is 7.44. The van der Waals surface area contributed by atoms with Crippen molar-refractivity contribution in [1.29, 1.82) is 0 Å². The van der Waals surface area contributed by atoms with Crippen LogP contribution in [0.2, 0.25) is 0 Å². The summed E-state index contributed by atoms with van der Waals surface area (Å²) in [5.41, 5.74) is 1.01. The van der Waals surface area contributed by atoms with E-state index < -0.39 is 11.1 Å². The summed E-state index contributed by atoms with van der Waals surface area (Å²) in [5, 5.41) is 2.60. The first-order valence-electron chi connectivity index (χ1n) is 9.35. The van der Waals surface area contributed by atoms with Gasteiger partial charge in [0.2, 0.25) is 11.8 Å². The van der Waals surface area contributed by atoms with Crippen molar-refractivity contribution in [2.24, 2.45) is 4.99 Å². The van der Waals surface area contributed by atoms with Crippen LogP contribution in [0.25, 0.3) is 0 Å². The number of aliphatic imine (C=N–C) groups is 1. The molecular weight excluding hydrogens is 393 g/mol. The number of hydrogen-bond acceptors (Lipinski definition) is 5. The Morgan fingerprint density at radius 2 is 2.03 bits per heavy atom. The van der Waals surface area contributed by atoms with Gasteiger partial charge in [-0.15, -0.1) is 0 Å². The van der Waals surface area contributed by atoms with E-state index in [-0.39, 0.29) is 18.2 Å². The zero-order valence-corrected chi connectivity index (χ0v) is 17.0. The first-order valence-corrected chi connectivity index (χ1v) is 10.2. The quantitative estimate of drug-likeness (QED) is 0.767. The van der Waals surface area contributed by atoms with Gasteiger partial charge >= 0.3 is 0 Å². The van der Waals surface area contributed by atoms with E-state index in [4.69, 9.17) is 4.74 Å². The minimum atomic E-state index is -0.621. The molecule has 2 amide bonds. The summed E-state index contributed by atoms with van der Waals surface area (Å²) in [7, 11) is 0. The molecule has 1 heterocycles. The van der Waals surface area contributed by atoms with E-state index in [0.29, 0.717) is 29.7 Å². The molecule has 1 N–H and O–H groups in total. The summed E-state index contributed by atoms with van der Waals surface area (Å²) in [4.78, 5) is 31.2. The number of ether oxygens (including phenoxy) is 1. The molecule has 6 nitrogen and oxygen atoms in total. The number of amides is 2. The molecule has 3 rings (SSSR count). The van der Waals surface area contributed by atoms with Crippen molar-refractivity contribution in [3.05, 3.63) is 54.3 Å². The minimum Gasteiger partial charge on any atom is -0.494 e. The third kappa shape index (κ3) is 5.35. The lowest BCUT2D eigenvalue weighted by Gasteiger charge is -2.30. The van der Waals surface area contributed by atoms with Gasteiger partial charge in [-0.1, -0.05) is 17.8 Å². The van der Waals surface area contributed by atoms with Gasteiger partial charge in [0.05, 0.1) is 12.3 Å². The SMILES string of the molecule is CCOc1ccc(NC(=O)[C@@H]2CC(=O)N(CC)C(=Nc3cccc(F)c3)S2)cc1. The number of nitrogens with one attached hydrogen (secondary N) is 1. The molecular formula is C21H22FN3O3S. The average molecular weight is 415 g/mol. The number of nitrogens with zero attached hydrogens (tertiary/aromatic N) is 2. The van der Waals surface area contributed by atoms with Crippen LogP contribution in [0.1, 0.15) is 20.3 Å². The van der Waals surface area contributed by atoms with E-state index in [0.717, 1.165) is 5.75 Å². The van der Waals surface area contributed by atoms with Crippen molar-refractivity contribution in [3.8, 4) is 5.75 Å². The number of carbonyl (C=O) groups is 2. The van der Waals surface area contributed by atoms with Crippen LogP contribution in [0, 0.1) is 5.82 Å². The van der Waals surface area contributed by atoms with Crippen LogP contribution in [0.5, 0.6) is 5.75 Å². The van der Waals surface area contributed by atoms with Gasteiger partial charge in [0.1, 0.15) is 16.8 Å². The molecule has 0 saturated carbocycles. The molecule has 0 aromatic heterocycles. The third-order valence-electron chi connectivity index (χ3n) is 4.21. The Morgan fingerprint density at radius 3 is 2.69 bits per heavy atom. The largest absolute Gasteiger partial charge is 0.494 e. The van der Waals surface area contributed by atoms with Gasteiger partial charge < -0.3 is 10.1 Å². The molecule has 0 radical (unpaired) electrons. The molecule has 2 aromatic rings. The molecule has 152 valence electrons. The molecule has 1 fully saturated rings. The van der Waals surface area contributed by atoms with E-state index >= 15 is 0 Å². The van der Waals surface area contributed by atoms with E-state index in [9.17, 15) is 14.0 Å². The molecule has 2 aromatic carbocycles. The molecule has 1 atom stereocenters. The van der Waals surface area contributed by atoms with Gasteiger partial charge in [0, 0.05) is 18.7 Å². The van der Waals surface area contributed by atoms with Gasteiger partial charge in [-0.2, -0.15) is 0 Å². The van der Waals surface area contributed by atoms with Crippen molar-refractivity contribution < 1.29 is 18.7 Å². The van der Waals surface area contributed by atoms with Gasteiger partial charge in [-0.05, 0) is 56.3 Å². The summed E-state index contributed by atoms with van der Waals surface area (Å²) in [6, 6.07) is 12.9. The number of hydrogen-bond donors (Lipinski definition) is 1. The predicted octanol–water partition coefficient (Wildman–Crippen LogP) is 4.20. The zero-order valence-electron chi connectivity index (χ0n) is 16.2. The number of carbonyl (C=O) groups excluding carboxylic acids is 2. The topological polar surface area (TPSA) is 71.0 Å². The highest BCUT2D eigenvalue weighted by molar-refractivity contribution is 8.15. The van der Waals surface area contributed by atoms with Crippen molar-refractivity contribution >= 4 is 40.1 Å². The fourth-order valence-electron chi connectivity index (χ4n) is 2.83. The fourth-order valence-corrected chi connectivity index (χ4v) is 4.00. The molecule has 1 aliphatic rings. The summed E-state index contributed by atoms with van der Waals surface area (Å²) in [5.74, 6) is -0.161. The van der Waals surface area contributed by atoms with Crippen LogP contribution in [0.15, 0.2) is 53.5 Å². The number of halogens is 1. The summed E-state index contributed by atoms with van der Waals surface area (Å²) >= 11 is 1.20. The van der Waals surface area contributed by atoms with Gasteiger partial charge in [0.15, 0.2) is 5.17 Å². The lowest BCUT2D eigenvalue weighted by Crippen LogP contribution is -2.45. The number of amidine groups is 1. The first-order chi connectivity index (χ1) is 14.0. The Kier molecular flexibility index (Phi) is 6.87. The summed E-state index contributed by atoms with van der Waals surface area (Å²) in [6.45, 7) is 4.72. The van der Waals surface area contributed by atoms with Crippen molar-refractivity contribution in [2.45, 2.75) is 25.5 Å². The van der Waals surface area contributed by atoms with Crippen molar-refractivity contribution in [3.63, 3.8) is 0 Å². The predicted molar refractivity (Wildman–Crippen MR) is 113 cm³/mol. The van der Waals surface area contributed by atoms with Crippen LogP contribution in [-0.4, -0.2) is 40.3 Å². The lowest BCUT2D eigenvalue weighted by atomic mass is 10.2. The average Bonchev–Trinajstić information content (AvgIpc) is 2.69. The fraction of sp³-hybridized carbons (Fsp3) is 0.286. The second kappa shape index (κ2) is 9.56.